The molecule has 3 rings (SSSR count). The Kier molecular flexibility index (Phi) is 3.73. The van der Waals surface area contributed by atoms with Crippen LogP contribution in [-0.4, -0.2) is 12.8 Å². The highest BCUT2D eigenvalue weighted by Crippen LogP contribution is 2.32. The lowest BCUT2D eigenvalue weighted by Crippen LogP contribution is -2.08. The molecule has 0 N–H and O–H groups in total. The standard InChI is InChI=1S/C16H13FO4/c17-13-4-1-11(2-5-13)8-16(18)19-9-12-3-6-14-15(7-12)21-10-20-14/h1-7H,8-10H2. The van der Waals surface area contributed by atoms with Crippen LogP contribution < -0.4 is 9.47 Å². The monoisotopic (exact) mass is 288 g/mol. The minimum Gasteiger partial charge on any atom is -0.461 e. The normalized spacial score (nSPS) is 12.2. The average Bonchev–Trinajstić information content (AvgIpc) is 2.95. The quantitative estimate of drug-likeness (QED) is 0.812. The molecule has 0 saturated carbocycles. The number of esters is 1. The van der Waals surface area contributed by atoms with Gasteiger partial charge in [0.25, 0.3) is 0 Å². The van der Waals surface area contributed by atoms with Gasteiger partial charge in [-0.15, -0.1) is 0 Å². The summed E-state index contributed by atoms with van der Waals surface area (Å²) in [5.41, 5.74) is 1.54. The molecule has 0 bridgehead atoms. The molecule has 4 nitrogen and oxygen atoms in total. The second-order valence-electron chi connectivity index (χ2n) is 4.65. The van der Waals surface area contributed by atoms with Crippen LogP contribution in [0.4, 0.5) is 4.39 Å². The van der Waals surface area contributed by atoms with Gasteiger partial charge in [-0.05, 0) is 35.4 Å². The lowest BCUT2D eigenvalue weighted by Gasteiger charge is -2.06. The number of fused-ring (bicyclic) bond motifs is 1. The molecule has 0 aromatic heterocycles. The Labute approximate surface area is 121 Å². The summed E-state index contributed by atoms with van der Waals surface area (Å²) in [4.78, 5) is 11.7. The summed E-state index contributed by atoms with van der Waals surface area (Å²) in [6, 6.07) is 11.2. The zero-order valence-corrected chi connectivity index (χ0v) is 11.2. The van der Waals surface area contributed by atoms with E-state index in [1.165, 1.54) is 12.1 Å². The van der Waals surface area contributed by atoms with Crippen LogP contribution in [0.25, 0.3) is 0 Å². The molecule has 0 spiro atoms. The van der Waals surface area contributed by atoms with E-state index in [-0.39, 0.29) is 31.6 Å². The van der Waals surface area contributed by atoms with Crippen LogP contribution >= 0.6 is 0 Å². The van der Waals surface area contributed by atoms with E-state index in [1.54, 1.807) is 24.3 Å². The molecule has 0 unspecified atom stereocenters. The fourth-order valence-corrected chi connectivity index (χ4v) is 2.01. The molecule has 2 aromatic carbocycles. The smallest absolute Gasteiger partial charge is 0.310 e. The van der Waals surface area contributed by atoms with E-state index in [9.17, 15) is 9.18 Å². The van der Waals surface area contributed by atoms with E-state index in [0.717, 1.165) is 5.56 Å². The third kappa shape index (κ3) is 3.31. The molecule has 1 aliphatic heterocycles. The van der Waals surface area contributed by atoms with Gasteiger partial charge >= 0.3 is 5.97 Å². The summed E-state index contributed by atoms with van der Waals surface area (Å²) in [5.74, 6) is 0.658. The Bertz CT molecular complexity index is 652. The van der Waals surface area contributed by atoms with Gasteiger partial charge in [0.05, 0.1) is 6.42 Å². The molecule has 0 amide bonds. The summed E-state index contributed by atoms with van der Waals surface area (Å²) < 4.78 is 28.4. The highest BCUT2D eigenvalue weighted by molar-refractivity contribution is 5.72. The molecule has 5 heteroatoms. The van der Waals surface area contributed by atoms with Crippen LogP contribution in [0, 0.1) is 5.82 Å². The molecule has 0 fully saturated rings. The molecule has 0 atom stereocenters. The van der Waals surface area contributed by atoms with E-state index in [4.69, 9.17) is 14.2 Å². The first-order valence-electron chi connectivity index (χ1n) is 6.49. The van der Waals surface area contributed by atoms with Crippen molar-refractivity contribution in [2.45, 2.75) is 13.0 Å². The lowest BCUT2D eigenvalue weighted by molar-refractivity contribution is -0.144. The fraction of sp³-hybridized carbons (Fsp3) is 0.188. The molecule has 0 radical (unpaired) electrons. The van der Waals surface area contributed by atoms with Crippen molar-refractivity contribution in [1.29, 1.82) is 0 Å². The van der Waals surface area contributed by atoms with Crippen molar-refractivity contribution in [3.8, 4) is 11.5 Å². The summed E-state index contributed by atoms with van der Waals surface area (Å²) in [6.45, 7) is 0.375. The molecule has 0 aliphatic carbocycles. The largest absolute Gasteiger partial charge is 0.461 e. The first kappa shape index (κ1) is 13.4. The molecule has 0 saturated heterocycles. The number of carbonyl (C=O) groups excluding carboxylic acids is 1. The molecular weight excluding hydrogens is 275 g/mol. The highest BCUT2D eigenvalue weighted by atomic mass is 19.1. The molecule has 2 aromatic rings. The Balaban J connectivity index is 1.55. The minimum absolute atomic E-state index is 0.116. The van der Waals surface area contributed by atoms with Gasteiger partial charge in [-0.2, -0.15) is 0 Å². The maximum absolute atomic E-state index is 12.8. The molecular formula is C16H13FO4. The first-order chi connectivity index (χ1) is 10.2. The zero-order chi connectivity index (χ0) is 14.7. The van der Waals surface area contributed by atoms with Crippen LogP contribution in [0.5, 0.6) is 11.5 Å². The van der Waals surface area contributed by atoms with E-state index in [2.05, 4.69) is 0 Å². The van der Waals surface area contributed by atoms with Gasteiger partial charge < -0.3 is 14.2 Å². The summed E-state index contributed by atoms with van der Waals surface area (Å²) >= 11 is 0. The zero-order valence-electron chi connectivity index (χ0n) is 11.2. The number of hydrogen-bond donors (Lipinski definition) is 0. The molecule has 108 valence electrons. The summed E-state index contributed by atoms with van der Waals surface area (Å²) in [6.07, 6.45) is 0.116. The van der Waals surface area contributed by atoms with Crippen molar-refractivity contribution in [1.82, 2.24) is 0 Å². The first-order valence-corrected chi connectivity index (χ1v) is 6.49. The van der Waals surface area contributed by atoms with Gasteiger partial charge in [0, 0.05) is 0 Å². The molecule has 1 heterocycles. The Hall–Kier alpha value is -2.56. The molecule has 21 heavy (non-hydrogen) atoms. The third-order valence-electron chi connectivity index (χ3n) is 3.10. The predicted molar refractivity (Wildman–Crippen MR) is 72.5 cm³/mol. The van der Waals surface area contributed by atoms with Crippen LogP contribution in [-0.2, 0) is 22.6 Å². The van der Waals surface area contributed by atoms with Crippen LogP contribution in [0.2, 0.25) is 0 Å². The minimum atomic E-state index is -0.362. The number of rotatable bonds is 4. The van der Waals surface area contributed by atoms with Gasteiger partial charge in [-0.3, -0.25) is 4.79 Å². The summed E-state index contributed by atoms with van der Waals surface area (Å²) in [5, 5.41) is 0. The Morgan fingerprint density at radius 2 is 1.76 bits per heavy atom. The van der Waals surface area contributed by atoms with Gasteiger partial charge in [0.15, 0.2) is 11.5 Å². The SMILES string of the molecule is O=C(Cc1ccc(F)cc1)OCc1ccc2c(c1)OCO2. The Morgan fingerprint density at radius 3 is 2.57 bits per heavy atom. The van der Waals surface area contributed by atoms with E-state index >= 15 is 0 Å². The maximum atomic E-state index is 12.8. The van der Waals surface area contributed by atoms with E-state index in [1.807, 2.05) is 6.07 Å². The van der Waals surface area contributed by atoms with Gasteiger partial charge in [-0.25, -0.2) is 4.39 Å². The molecule has 1 aliphatic rings. The second-order valence-corrected chi connectivity index (χ2v) is 4.65. The van der Waals surface area contributed by atoms with E-state index < -0.39 is 0 Å². The number of halogens is 1. The van der Waals surface area contributed by atoms with Crippen LogP contribution in [0.3, 0.4) is 0 Å². The van der Waals surface area contributed by atoms with Crippen molar-refractivity contribution in [3.05, 3.63) is 59.4 Å². The third-order valence-corrected chi connectivity index (χ3v) is 3.10. The van der Waals surface area contributed by atoms with E-state index in [0.29, 0.717) is 17.1 Å². The maximum Gasteiger partial charge on any atom is 0.310 e. The van der Waals surface area contributed by atoms with Gasteiger partial charge in [-0.1, -0.05) is 18.2 Å². The predicted octanol–water partition coefficient (Wildman–Crippen LogP) is 2.84. The topological polar surface area (TPSA) is 44.8 Å². The van der Waals surface area contributed by atoms with Crippen molar-refractivity contribution < 1.29 is 23.4 Å². The van der Waals surface area contributed by atoms with Crippen LogP contribution in [0.1, 0.15) is 11.1 Å². The van der Waals surface area contributed by atoms with Crippen molar-refractivity contribution >= 4 is 5.97 Å². The number of carbonyl (C=O) groups is 1. The van der Waals surface area contributed by atoms with Crippen molar-refractivity contribution in [2.75, 3.05) is 6.79 Å². The number of hydrogen-bond acceptors (Lipinski definition) is 4. The number of ether oxygens (including phenoxy) is 3. The average molecular weight is 288 g/mol. The number of benzene rings is 2. The lowest BCUT2D eigenvalue weighted by atomic mass is 10.1. The van der Waals surface area contributed by atoms with Gasteiger partial charge in [0.1, 0.15) is 12.4 Å². The second kappa shape index (κ2) is 5.83. The fourth-order valence-electron chi connectivity index (χ4n) is 2.01. The van der Waals surface area contributed by atoms with Gasteiger partial charge in [0.2, 0.25) is 6.79 Å². The van der Waals surface area contributed by atoms with Crippen molar-refractivity contribution in [2.24, 2.45) is 0 Å². The Morgan fingerprint density at radius 1 is 1.05 bits per heavy atom. The van der Waals surface area contributed by atoms with Crippen molar-refractivity contribution in [3.63, 3.8) is 0 Å². The highest BCUT2D eigenvalue weighted by Gasteiger charge is 2.14. The summed E-state index contributed by atoms with van der Waals surface area (Å²) in [7, 11) is 0. The van der Waals surface area contributed by atoms with Crippen LogP contribution in [0.15, 0.2) is 42.5 Å².